The largest absolute Gasteiger partial charge is 0.459 e. The molecule has 3 heterocycles. The summed E-state index contributed by atoms with van der Waals surface area (Å²) in [5, 5.41) is 2.81. The van der Waals surface area contributed by atoms with Gasteiger partial charge in [-0.15, -0.1) is 0 Å². The number of anilines is 1. The predicted octanol–water partition coefficient (Wildman–Crippen LogP) is 2.49. The number of fused-ring (bicyclic) bond motifs is 1. The van der Waals surface area contributed by atoms with Gasteiger partial charge in [-0.1, -0.05) is 0 Å². The molecule has 3 rings (SSSR count). The maximum absolute atomic E-state index is 11.9. The fourth-order valence-electron chi connectivity index (χ4n) is 1.85. The van der Waals surface area contributed by atoms with Crippen molar-refractivity contribution in [2.75, 3.05) is 5.32 Å². The number of nitrogens with zero attached hydrogens (tertiary/aromatic N) is 2. The van der Waals surface area contributed by atoms with Crippen LogP contribution in [0.2, 0.25) is 0 Å². The van der Waals surface area contributed by atoms with Gasteiger partial charge in [-0.25, -0.2) is 4.98 Å². The van der Waals surface area contributed by atoms with Crippen molar-refractivity contribution < 1.29 is 9.21 Å². The number of nitrogens with one attached hydrogen (secondary N) is 1. The maximum atomic E-state index is 11.9. The zero-order chi connectivity index (χ0) is 12.5. The van der Waals surface area contributed by atoms with Crippen LogP contribution in [0.25, 0.3) is 5.65 Å². The quantitative estimate of drug-likeness (QED) is 0.749. The van der Waals surface area contributed by atoms with Gasteiger partial charge in [-0.3, -0.25) is 4.79 Å². The molecule has 5 heteroatoms. The molecule has 0 saturated carbocycles. The third-order valence-corrected chi connectivity index (χ3v) is 2.81. The van der Waals surface area contributed by atoms with E-state index in [0.717, 1.165) is 17.0 Å². The second-order valence-electron chi connectivity index (χ2n) is 3.92. The fraction of sp³-hybridized carbons (Fsp3) is 0.0769. The summed E-state index contributed by atoms with van der Waals surface area (Å²) in [5.41, 5.74) is 2.51. The Morgan fingerprint density at radius 2 is 2.28 bits per heavy atom. The number of rotatable bonds is 2. The van der Waals surface area contributed by atoms with Crippen LogP contribution in [-0.4, -0.2) is 15.3 Å². The number of furan rings is 1. The molecule has 0 aliphatic carbocycles. The van der Waals surface area contributed by atoms with Crippen LogP contribution < -0.4 is 5.32 Å². The second kappa shape index (κ2) is 4.03. The van der Waals surface area contributed by atoms with Crippen molar-refractivity contribution in [3.63, 3.8) is 0 Å². The molecule has 0 saturated heterocycles. The molecule has 0 spiro atoms. The standard InChI is InChI=1S/C13H11N3O2/c1-9-10(4-5-12-14-6-7-16(9)12)15-13(17)11-3-2-8-18-11/h2-8H,1H3,(H,15,17). The lowest BCUT2D eigenvalue weighted by Gasteiger charge is -2.08. The molecular weight excluding hydrogens is 230 g/mol. The van der Waals surface area contributed by atoms with Crippen molar-refractivity contribution in [2.24, 2.45) is 0 Å². The molecule has 1 N–H and O–H groups in total. The monoisotopic (exact) mass is 241 g/mol. The van der Waals surface area contributed by atoms with E-state index in [1.165, 1.54) is 6.26 Å². The average molecular weight is 241 g/mol. The molecule has 1 amide bonds. The maximum Gasteiger partial charge on any atom is 0.291 e. The molecule has 0 bridgehead atoms. The van der Waals surface area contributed by atoms with Crippen LogP contribution in [-0.2, 0) is 0 Å². The molecule has 0 fully saturated rings. The number of imidazole rings is 1. The number of aryl methyl sites for hydroxylation is 1. The first-order chi connectivity index (χ1) is 8.75. The van der Waals surface area contributed by atoms with Crippen LogP contribution in [0.15, 0.2) is 47.3 Å². The third-order valence-electron chi connectivity index (χ3n) is 2.81. The smallest absolute Gasteiger partial charge is 0.291 e. The van der Waals surface area contributed by atoms with Crippen molar-refractivity contribution >= 4 is 17.2 Å². The number of hydrogen-bond donors (Lipinski definition) is 1. The van der Waals surface area contributed by atoms with E-state index in [-0.39, 0.29) is 5.91 Å². The topological polar surface area (TPSA) is 59.5 Å². The van der Waals surface area contributed by atoms with Gasteiger partial charge in [0.25, 0.3) is 5.91 Å². The van der Waals surface area contributed by atoms with Gasteiger partial charge in [-0.2, -0.15) is 0 Å². The summed E-state index contributed by atoms with van der Waals surface area (Å²) in [5.74, 6) is 0.0303. The Morgan fingerprint density at radius 1 is 1.39 bits per heavy atom. The number of carbonyl (C=O) groups is 1. The molecule has 0 unspecified atom stereocenters. The van der Waals surface area contributed by atoms with E-state index in [1.807, 2.05) is 29.7 Å². The van der Waals surface area contributed by atoms with E-state index in [9.17, 15) is 4.79 Å². The first-order valence-electron chi connectivity index (χ1n) is 5.53. The van der Waals surface area contributed by atoms with Crippen LogP contribution >= 0.6 is 0 Å². The minimum atomic E-state index is -0.262. The van der Waals surface area contributed by atoms with Gasteiger partial charge in [0.2, 0.25) is 0 Å². The lowest BCUT2D eigenvalue weighted by atomic mass is 10.3. The van der Waals surface area contributed by atoms with E-state index in [0.29, 0.717) is 5.76 Å². The Hall–Kier alpha value is -2.56. The van der Waals surface area contributed by atoms with E-state index < -0.39 is 0 Å². The van der Waals surface area contributed by atoms with Gasteiger partial charge in [-0.05, 0) is 31.2 Å². The van der Waals surface area contributed by atoms with Crippen molar-refractivity contribution in [3.8, 4) is 0 Å². The minimum Gasteiger partial charge on any atom is -0.459 e. The highest BCUT2D eigenvalue weighted by Gasteiger charge is 2.11. The van der Waals surface area contributed by atoms with E-state index in [1.54, 1.807) is 18.3 Å². The Bertz CT molecular complexity index is 698. The summed E-state index contributed by atoms with van der Waals surface area (Å²) in [4.78, 5) is 16.1. The molecule has 0 aliphatic heterocycles. The number of pyridine rings is 1. The molecule has 90 valence electrons. The zero-order valence-electron chi connectivity index (χ0n) is 9.75. The molecule has 0 atom stereocenters. The molecule has 0 aromatic carbocycles. The van der Waals surface area contributed by atoms with Gasteiger partial charge in [0.1, 0.15) is 5.65 Å². The summed E-state index contributed by atoms with van der Waals surface area (Å²) in [6.45, 7) is 1.92. The molecule has 3 aromatic heterocycles. The second-order valence-corrected chi connectivity index (χ2v) is 3.92. The highest BCUT2D eigenvalue weighted by molar-refractivity contribution is 6.02. The summed E-state index contributed by atoms with van der Waals surface area (Å²) < 4.78 is 6.96. The Kier molecular flexibility index (Phi) is 2.37. The molecular formula is C13H11N3O2. The number of carbonyl (C=O) groups excluding carboxylic acids is 1. The minimum absolute atomic E-state index is 0.262. The summed E-state index contributed by atoms with van der Waals surface area (Å²) in [6.07, 6.45) is 5.05. The first-order valence-corrected chi connectivity index (χ1v) is 5.53. The van der Waals surface area contributed by atoms with Crippen LogP contribution in [0, 0.1) is 6.92 Å². The van der Waals surface area contributed by atoms with Gasteiger partial charge < -0.3 is 14.1 Å². The molecule has 3 aromatic rings. The Labute approximate surface area is 103 Å². The first kappa shape index (κ1) is 10.6. The van der Waals surface area contributed by atoms with Crippen molar-refractivity contribution in [3.05, 3.63) is 54.4 Å². The van der Waals surface area contributed by atoms with Gasteiger partial charge in [0.15, 0.2) is 5.76 Å². The predicted molar refractivity (Wildman–Crippen MR) is 66.6 cm³/mol. The summed E-state index contributed by atoms with van der Waals surface area (Å²) in [7, 11) is 0. The van der Waals surface area contributed by atoms with Crippen LogP contribution in [0.1, 0.15) is 16.2 Å². The van der Waals surface area contributed by atoms with Gasteiger partial charge in [0, 0.05) is 18.1 Å². The normalized spacial score (nSPS) is 10.7. The molecule has 5 nitrogen and oxygen atoms in total. The van der Waals surface area contributed by atoms with E-state index >= 15 is 0 Å². The highest BCUT2D eigenvalue weighted by atomic mass is 16.3. The van der Waals surface area contributed by atoms with E-state index in [4.69, 9.17) is 4.42 Å². The summed E-state index contributed by atoms with van der Waals surface area (Å²) in [6, 6.07) is 6.99. The SMILES string of the molecule is Cc1c(NC(=O)c2ccco2)ccc2nccn12. The molecule has 0 aliphatic rings. The Morgan fingerprint density at radius 3 is 3.06 bits per heavy atom. The Balaban J connectivity index is 1.95. The van der Waals surface area contributed by atoms with Crippen molar-refractivity contribution in [2.45, 2.75) is 6.92 Å². The van der Waals surface area contributed by atoms with Gasteiger partial charge >= 0.3 is 0 Å². The third kappa shape index (κ3) is 1.66. The highest BCUT2D eigenvalue weighted by Crippen LogP contribution is 2.17. The van der Waals surface area contributed by atoms with Crippen molar-refractivity contribution in [1.82, 2.24) is 9.38 Å². The van der Waals surface area contributed by atoms with E-state index in [2.05, 4.69) is 10.3 Å². The van der Waals surface area contributed by atoms with Crippen LogP contribution in [0.5, 0.6) is 0 Å². The lowest BCUT2D eigenvalue weighted by molar-refractivity contribution is 0.0996. The zero-order valence-corrected chi connectivity index (χ0v) is 9.75. The lowest BCUT2D eigenvalue weighted by Crippen LogP contribution is -2.12. The van der Waals surface area contributed by atoms with Crippen molar-refractivity contribution in [1.29, 1.82) is 0 Å². The number of hydrogen-bond acceptors (Lipinski definition) is 3. The molecule has 18 heavy (non-hydrogen) atoms. The fourth-order valence-corrected chi connectivity index (χ4v) is 1.85. The number of amides is 1. The van der Waals surface area contributed by atoms with Crippen LogP contribution in [0.3, 0.4) is 0 Å². The average Bonchev–Trinajstić information content (AvgIpc) is 3.02. The van der Waals surface area contributed by atoms with Crippen LogP contribution in [0.4, 0.5) is 5.69 Å². The molecule has 0 radical (unpaired) electrons. The number of aromatic nitrogens is 2. The summed E-state index contributed by atoms with van der Waals surface area (Å²) >= 11 is 0. The van der Waals surface area contributed by atoms with Gasteiger partial charge in [0.05, 0.1) is 12.0 Å².